The molecule has 3 nitrogen and oxygen atoms in total. The molecule has 0 fully saturated rings. The zero-order valence-electron chi connectivity index (χ0n) is 12.4. The van der Waals surface area contributed by atoms with E-state index in [2.05, 4.69) is 12.2 Å². The third-order valence-corrected chi connectivity index (χ3v) is 4.55. The van der Waals surface area contributed by atoms with Gasteiger partial charge in [-0.15, -0.1) is 11.3 Å². The lowest BCUT2D eigenvalue weighted by atomic mass is 10.1. The summed E-state index contributed by atoms with van der Waals surface area (Å²) < 4.78 is 0. The predicted octanol–water partition coefficient (Wildman–Crippen LogP) is 3.47. The Labute approximate surface area is 129 Å². The SMILES string of the molecule is CCCc1cc(C(=O)NC(CO)c2ccccc2)sc1C. The number of benzene rings is 1. The van der Waals surface area contributed by atoms with Gasteiger partial charge in [-0.2, -0.15) is 0 Å². The second-order valence-corrected chi connectivity index (χ2v) is 6.32. The van der Waals surface area contributed by atoms with Crippen molar-refractivity contribution in [2.75, 3.05) is 6.61 Å². The number of thiophene rings is 1. The second kappa shape index (κ2) is 7.38. The fraction of sp³-hybridized carbons (Fsp3) is 0.353. The van der Waals surface area contributed by atoms with E-state index in [1.54, 1.807) is 0 Å². The van der Waals surface area contributed by atoms with Crippen LogP contribution in [0.25, 0.3) is 0 Å². The third kappa shape index (κ3) is 3.93. The van der Waals surface area contributed by atoms with Crippen molar-refractivity contribution in [3.63, 3.8) is 0 Å². The Hall–Kier alpha value is -1.65. The number of hydrogen-bond donors (Lipinski definition) is 2. The first-order valence-corrected chi connectivity index (χ1v) is 8.03. The minimum Gasteiger partial charge on any atom is -0.394 e. The maximum atomic E-state index is 12.3. The van der Waals surface area contributed by atoms with Crippen molar-refractivity contribution in [3.8, 4) is 0 Å². The topological polar surface area (TPSA) is 49.3 Å². The molecule has 0 bridgehead atoms. The molecular weight excluding hydrogens is 282 g/mol. The highest BCUT2D eigenvalue weighted by Crippen LogP contribution is 2.23. The maximum absolute atomic E-state index is 12.3. The van der Waals surface area contributed by atoms with Crippen LogP contribution in [0.1, 0.15) is 45.1 Å². The van der Waals surface area contributed by atoms with E-state index in [0.29, 0.717) is 4.88 Å². The molecule has 2 aromatic rings. The van der Waals surface area contributed by atoms with E-state index in [4.69, 9.17) is 0 Å². The van der Waals surface area contributed by atoms with Crippen LogP contribution in [-0.4, -0.2) is 17.6 Å². The molecule has 1 aromatic carbocycles. The second-order valence-electron chi connectivity index (χ2n) is 5.06. The van der Waals surface area contributed by atoms with E-state index in [1.165, 1.54) is 21.8 Å². The van der Waals surface area contributed by atoms with Crippen LogP contribution in [0.15, 0.2) is 36.4 Å². The van der Waals surface area contributed by atoms with Crippen LogP contribution in [0.3, 0.4) is 0 Å². The van der Waals surface area contributed by atoms with Crippen molar-refractivity contribution in [2.45, 2.75) is 32.7 Å². The van der Waals surface area contributed by atoms with E-state index >= 15 is 0 Å². The number of aryl methyl sites for hydroxylation is 2. The molecule has 1 atom stereocenters. The molecule has 0 saturated carbocycles. The summed E-state index contributed by atoms with van der Waals surface area (Å²) in [7, 11) is 0. The van der Waals surface area contributed by atoms with Gasteiger partial charge in [0.2, 0.25) is 0 Å². The van der Waals surface area contributed by atoms with Gasteiger partial charge in [0, 0.05) is 4.88 Å². The molecule has 1 aromatic heterocycles. The molecule has 0 aliphatic carbocycles. The van der Waals surface area contributed by atoms with Gasteiger partial charge in [-0.3, -0.25) is 4.79 Å². The van der Waals surface area contributed by atoms with E-state index < -0.39 is 0 Å². The van der Waals surface area contributed by atoms with Crippen LogP contribution >= 0.6 is 11.3 Å². The molecule has 1 amide bonds. The predicted molar refractivity (Wildman–Crippen MR) is 86.8 cm³/mol. The van der Waals surface area contributed by atoms with Gasteiger partial charge in [0.1, 0.15) is 0 Å². The van der Waals surface area contributed by atoms with Crippen LogP contribution < -0.4 is 5.32 Å². The van der Waals surface area contributed by atoms with E-state index in [9.17, 15) is 9.90 Å². The van der Waals surface area contributed by atoms with Gasteiger partial charge < -0.3 is 10.4 Å². The summed E-state index contributed by atoms with van der Waals surface area (Å²) in [4.78, 5) is 14.3. The molecule has 0 aliphatic heterocycles. The average Bonchev–Trinajstić information content (AvgIpc) is 2.87. The first kappa shape index (κ1) is 15.7. The normalized spacial score (nSPS) is 12.1. The van der Waals surface area contributed by atoms with Gasteiger partial charge in [0.05, 0.1) is 17.5 Å². The minimum atomic E-state index is -0.365. The number of carbonyl (C=O) groups is 1. The van der Waals surface area contributed by atoms with Crippen LogP contribution in [0.2, 0.25) is 0 Å². The molecule has 0 aliphatic rings. The van der Waals surface area contributed by atoms with Gasteiger partial charge in [-0.25, -0.2) is 0 Å². The van der Waals surface area contributed by atoms with E-state index in [0.717, 1.165) is 18.4 Å². The molecule has 2 N–H and O–H groups in total. The first-order valence-electron chi connectivity index (χ1n) is 7.21. The Bertz CT molecular complexity index is 592. The quantitative estimate of drug-likeness (QED) is 0.858. The van der Waals surface area contributed by atoms with Crippen LogP contribution in [0.4, 0.5) is 0 Å². The summed E-state index contributed by atoms with van der Waals surface area (Å²) >= 11 is 1.52. The molecule has 0 spiro atoms. The Morgan fingerprint density at radius 2 is 2.05 bits per heavy atom. The summed E-state index contributed by atoms with van der Waals surface area (Å²) in [5.74, 6) is -0.117. The molecule has 112 valence electrons. The number of aliphatic hydroxyl groups excluding tert-OH is 1. The van der Waals surface area contributed by atoms with Gasteiger partial charge >= 0.3 is 0 Å². The zero-order chi connectivity index (χ0) is 15.2. The fourth-order valence-corrected chi connectivity index (χ4v) is 3.27. The number of amides is 1. The Morgan fingerprint density at radius 1 is 1.33 bits per heavy atom. The van der Waals surface area contributed by atoms with Crippen LogP contribution in [0.5, 0.6) is 0 Å². The number of hydrogen-bond acceptors (Lipinski definition) is 3. The maximum Gasteiger partial charge on any atom is 0.261 e. The highest BCUT2D eigenvalue weighted by molar-refractivity contribution is 7.14. The highest BCUT2D eigenvalue weighted by atomic mass is 32.1. The standard InChI is InChI=1S/C17H21NO2S/c1-3-7-14-10-16(21-12(14)2)17(20)18-15(11-19)13-8-5-4-6-9-13/h4-6,8-10,15,19H,3,7,11H2,1-2H3,(H,18,20). The van der Waals surface area contributed by atoms with Crippen molar-refractivity contribution in [1.29, 1.82) is 0 Å². The summed E-state index contributed by atoms with van der Waals surface area (Å²) in [6.07, 6.45) is 2.07. The molecule has 21 heavy (non-hydrogen) atoms. The van der Waals surface area contributed by atoms with Gasteiger partial charge in [0.25, 0.3) is 5.91 Å². The van der Waals surface area contributed by atoms with Crippen LogP contribution in [0, 0.1) is 6.92 Å². The first-order chi connectivity index (χ1) is 10.2. The zero-order valence-corrected chi connectivity index (χ0v) is 13.2. The summed E-state index contributed by atoms with van der Waals surface area (Å²) in [6.45, 7) is 4.07. The average molecular weight is 303 g/mol. The Kier molecular flexibility index (Phi) is 5.53. The van der Waals surface area contributed by atoms with Gasteiger partial charge in [-0.05, 0) is 30.5 Å². The monoisotopic (exact) mass is 303 g/mol. The summed E-state index contributed by atoms with van der Waals surface area (Å²) in [6, 6.07) is 11.1. The highest BCUT2D eigenvalue weighted by Gasteiger charge is 2.17. The molecule has 0 saturated heterocycles. The number of rotatable bonds is 6. The van der Waals surface area contributed by atoms with Crippen LogP contribution in [-0.2, 0) is 6.42 Å². The molecule has 0 radical (unpaired) electrons. The molecule has 1 heterocycles. The fourth-order valence-electron chi connectivity index (χ4n) is 2.30. The largest absolute Gasteiger partial charge is 0.394 e. The van der Waals surface area contributed by atoms with Crippen molar-refractivity contribution in [3.05, 3.63) is 57.3 Å². The lowest BCUT2D eigenvalue weighted by molar-refractivity contribution is 0.0920. The van der Waals surface area contributed by atoms with Gasteiger partial charge in [-0.1, -0.05) is 43.7 Å². The van der Waals surface area contributed by atoms with E-state index in [1.807, 2.05) is 43.3 Å². The smallest absolute Gasteiger partial charge is 0.261 e. The number of carbonyl (C=O) groups excluding carboxylic acids is 1. The lowest BCUT2D eigenvalue weighted by Crippen LogP contribution is -2.30. The molecule has 2 rings (SSSR count). The molecule has 1 unspecified atom stereocenters. The molecular formula is C17H21NO2S. The Morgan fingerprint density at radius 3 is 2.67 bits per heavy atom. The minimum absolute atomic E-state index is 0.109. The van der Waals surface area contributed by atoms with Crippen molar-refractivity contribution < 1.29 is 9.90 Å². The third-order valence-electron chi connectivity index (χ3n) is 3.45. The summed E-state index contributed by atoms with van der Waals surface area (Å²) in [5, 5.41) is 12.4. The van der Waals surface area contributed by atoms with Crippen molar-refractivity contribution in [1.82, 2.24) is 5.32 Å². The van der Waals surface area contributed by atoms with Crippen molar-refractivity contribution >= 4 is 17.2 Å². The lowest BCUT2D eigenvalue weighted by Gasteiger charge is -2.16. The van der Waals surface area contributed by atoms with Gasteiger partial charge in [0.15, 0.2) is 0 Å². The number of aliphatic hydroxyl groups is 1. The molecule has 4 heteroatoms. The summed E-state index contributed by atoms with van der Waals surface area (Å²) in [5.41, 5.74) is 2.16. The van der Waals surface area contributed by atoms with E-state index in [-0.39, 0.29) is 18.6 Å². The van der Waals surface area contributed by atoms with Crippen molar-refractivity contribution in [2.24, 2.45) is 0 Å². The number of nitrogens with one attached hydrogen (secondary N) is 1. The Balaban J connectivity index is 2.11.